The van der Waals surface area contributed by atoms with Crippen LogP contribution >= 0.6 is 0 Å². The lowest BCUT2D eigenvalue weighted by molar-refractivity contribution is 0.426. The Morgan fingerprint density at radius 1 is 1.07 bits per heavy atom. The summed E-state index contributed by atoms with van der Waals surface area (Å²) in [6.07, 6.45) is 3.54. The molecule has 0 spiro atoms. The van der Waals surface area contributed by atoms with E-state index in [0.717, 1.165) is 36.6 Å². The Balaban J connectivity index is 1.58. The van der Waals surface area contributed by atoms with Crippen molar-refractivity contribution in [2.45, 2.75) is 19.4 Å². The van der Waals surface area contributed by atoms with Gasteiger partial charge < -0.3 is 20.7 Å². The minimum absolute atomic E-state index is 0.400. The average molecular weight is 400 g/mol. The largest absolute Gasteiger partial charge is 0.489 e. The molecule has 0 atom stereocenters. The minimum Gasteiger partial charge on any atom is -0.423 e. The van der Waals surface area contributed by atoms with Gasteiger partial charge in [-0.1, -0.05) is 42.5 Å². The molecule has 0 saturated heterocycles. The quantitative estimate of drug-likeness (QED) is 0.376. The van der Waals surface area contributed by atoms with Crippen molar-refractivity contribution < 1.29 is 10.0 Å². The van der Waals surface area contributed by atoms with Crippen molar-refractivity contribution in [3.8, 4) is 5.95 Å². The lowest BCUT2D eigenvalue weighted by atomic mass is 9.78. The maximum absolute atomic E-state index is 9.65. The smallest absolute Gasteiger partial charge is 0.423 e. The van der Waals surface area contributed by atoms with Crippen molar-refractivity contribution in [3.05, 3.63) is 65.9 Å². The monoisotopic (exact) mass is 400 g/mol. The van der Waals surface area contributed by atoms with Crippen molar-refractivity contribution in [3.63, 3.8) is 0 Å². The molecule has 2 aromatic heterocycles. The second-order valence-corrected chi connectivity index (χ2v) is 7.28. The van der Waals surface area contributed by atoms with Crippen molar-refractivity contribution in [2.24, 2.45) is 0 Å². The van der Waals surface area contributed by atoms with Gasteiger partial charge in [-0.3, -0.25) is 0 Å². The molecule has 1 aliphatic heterocycles. The summed E-state index contributed by atoms with van der Waals surface area (Å²) in [5.41, 5.74) is 3.35. The first-order chi connectivity index (χ1) is 14.7. The molecule has 2 aromatic carbocycles. The van der Waals surface area contributed by atoms with Gasteiger partial charge in [-0.15, -0.1) is 0 Å². The lowest BCUT2D eigenvalue weighted by Gasteiger charge is -2.21. The maximum Gasteiger partial charge on any atom is 0.489 e. The van der Waals surface area contributed by atoms with Crippen molar-refractivity contribution in [1.82, 2.24) is 19.7 Å². The van der Waals surface area contributed by atoms with Gasteiger partial charge >= 0.3 is 7.12 Å². The fourth-order valence-electron chi connectivity index (χ4n) is 3.81. The van der Waals surface area contributed by atoms with Gasteiger partial charge in [0, 0.05) is 24.0 Å². The highest BCUT2D eigenvalue weighted by Crippen LogP contribution is 2.28. The second-order valence-electron chi connectivity index (χ2n) is 7.28. The van der Waals surface area contributed by atoms with Gasteiger partial charge in [0.15, 0.2) is 0 Å². The maximum atomic E-state index is 9.65. The molecular weight excluding hydrogens is 379 g/mol. The highest BCUT2D eigenvalue weighted by atomic mass is 16.4. The first-order valence-corrected chi connectivity index (χ1v) is 9.96. The molecule has 8 nitrogen and oxygen atoms in total. The number of anilines is 2. The Hall–Kier alpha value is -3.43. The van der Waals surface area contributed by atoms with Crippen molar-refractivity contribution in [2.75, 3.05) is 17.2 Å². The molecule has 0 radical (unpaired) electrons. The van der Waals surface area contributed by atoms with E-state index in [9.17, 15) is 10.0 Å². The van der Waals surface area contributed by atoms with Gasteiger partial charge in [-0.05, 0) is 29.9 Å². The van der Waals surface area contributed by atoms with Crippen LogP contribution in [0.25, 0.3) is 16.9 Å². The summed E-state index contributed by atoms with van der Waals surface area (Å²) in [7, 11) is -1.57. The molecule has 0 unspecified atom stereocenters. The second kappa shape index (κ2) is 7.77. The standard InChI is InChI=1S/C21H21BN6O2/c29-22(30)17-9-4-10-18-16(17)13-25-28(18)21-26-19-15(8-5-11-23-19)20(27-21)24-12-14-6-2-1-3-7-14/h1-4,6-7,9-10,13,29-30H,5,8,11-12H2,(H2,23,24,26,27). The summed E-state index contributed by atoms with van der Waals surface area (Å²) in [4.78, 5) is 9.49. The third-order valence-electron chi connectivity index (χ3n) is 5.31. The number of rotatable bonds is 5. The molecular formula is C21H21BN6O2. The number of nitrogens with one attached hydrogen (secondary N) is 2. The Bertz CT molecular complexity index is 1200. The molecule has 30 heavy (non-hydrogen) atoms. The summed E-state index contributed by atoms with van der Waals surface area (Å²) in [6.45, 7) is 1.52. The van der Waals surface area contributed by atoms with E-state index < -0.39 is 7.12 Å². The average Bonchev–Trinajstić information content (AvgIpc) is 3.22. The predicted molar refractivity (Wildman–Crippen MR) is 117 cm³/mol. The first kappa shape index (κ1) is 18.6. The highest BCUT2D eigenvalue weighted by Gasteiger charge is 2.21. The number of hydrogen-bond donors (Lipinski definition) is 4. The van der Waals surface area contributed by atoms with Gasteiger partial charge in [-0.2, -0.15) is 19.7 Å². The van der Waals surface area contributed by atoms with Crippen LogP contribution in [0.4, 0.5) is 11.6 Å². The predicted octanol–water partition coefficient (Wildman–Crippen LogP) is 1.47. The van der Waals surface area contributed by atoms with E-state index in [0.29, 0.717) is 28.9 Å². The summed E-state index contributed by atoms with van der Waals surface area (Å²) < 4.78 is 1.63. The van der Waals surface area contributed by atoms with Crippen LogP contribution in [0.2, 0.25) is 0 Å². The molecule has 1 aliphatic rings. The molecule has 4 aromatic rings. The van der Waals surface area contributed by atoms with Gasteiger partial charge in [-0.25, -0.2) is 0 Å². The Morgan fingerprint density at radius 2 is 1.93 bits per heavy atom. The van der Waals surface area contributed by atoms with E-state index in [4.69, 9.17) is 9.97 Å². The van der Waals surface area contributed by atoms with Crippen molar-refractivity contribution in [1.29, 1.82) is 0 Å². The number of nitrogens with zero attached hydrogens (tertiary/aromatic N) is 4. The van der Waals surface area contributed by atoms with Crippen molar-refractivity contribution >= 4 is 35.1 Å². The molecule has 0 fully saturated rings. The number of aromatic nitrogens is 4. The molecule has 3 heterocycles. The van der Waals surface area contributed by atoms with E-state index >= 15 is 0 Å². The molecule has 0 amide bonds. The molecule has 150 valence electrons. The molecule has 0 bridgehead atoms. The van der Waals surface area contributed by atoms with Gasteiger partial charge in [0.1, 0.15) is 11.6 Å². The summed E-state index contributed by atoms with van der Waals surface area (Å²) in [5, 5.41) is 31.2. The lowest BCUT2D eigenvalue weighted by Crippen LogP contribution is -2.30. The third kappa shape index (κ3) is 3.38. The minimum atomic E-state index is -1.57. The van der Waals surface area contributed by atoms with Gasteiger partial charge in [0.25, 0.3) is 5.95 Å². The van der Waals surface area contributed by atoms with Crippen LogP contribution in [-0.2, 0) is 13.0 Å². The van der Waals surface area contributed by atoms with Crippen LogP contribution in [0.15, 0.2) is 54.7 Å². The fourth-order valence-corrected chi connectivity index (χ4v) is 3.81. The van der Waals surface area contributed by atoms with E-state index in [1.165, 1.54) is 5.56 Å². The molecule has 0 aliphatic carbocycles. The number of hydrogen-bond acceptors (Lipinski definition) is 7. The fraction of sp³-hybridized carbons (Fsp3) is 0.190. The van der Waals surface area contributed by atoms with Crippen LogP contribution in [0.3, 0.4) is 0 Å². The highest BCUT2D eigenvalue weighted by molar-refractivity contribution is 6.61. The Labute approximate surface area is 173 Å². The SMILES string of the molecule is OB(O)c1cccc2c1cnn2-c1nc2c(c(NCc3ccccc3)n1)CCCN2. The van der Waals surface area contributed by atoms with Gasteiger partial charge in [0.2, 0.25) is 0 Å². The molecule has 5 rings (SSSR count). The van der Waals surface area contributed by atoms with Crippen LogP contribution < -0.4 is 16.1 Å². The zero-order valence-corrected chi connectivity index (χ0v) is 16.3. The van der Waals surface area contributed by atoms with Gasteiger partial charge in [0.05, 0.1) is 11.7 Å². The number of benzene rings is 2. The first-order valence-electron chi connectivity index (χ1n) is 9.96. The Morgan fingerprint density at radius 3 is 2.77 bits per heavy atom. The molecule has 9 heteroatoms. The third-order valence-corrected chi connectivity index (χ3v) is 5.31. The molecule has 4 N–H and O–H groups in total. The van der Waals surface area contributed by atoms with Crippen LogP contribution in [0, 0.1) is 0 Å². The van der Waals surface area contributed by atoms with E-state index in [2.05, 4.69) is 27.9 Å². The van der Waals surface area contributed by atoms with Crippen LogP contribution in [0.1, 0.15) is 17.5 Å². The van der Waals surface area contributed by atoms with Crippen LogP contribution in [0.5, 0.6) is 0 Å². The molecule has 0 saturated carbocycles. The topological polar surface area (TPSA) is 108 Å². The van der Waals surface area contributed by atoms with E-state index in [-0.39, 0.29) is 0 Å². The summed E-state index contributed by atoms with van der Waals surface area (Å²) in [5.74, 6) is 2.02. The summed E-state index contributed by atoms with van der Waals surface area (Å²) in [6, 6.07) is 15.5. The summed E-state index contributed by atoms with van der Waals surface area (Å²) >= 11 is 0. The number of fused-ring (bicyclic) bond motifs is 2. The zero-order valence-electron chi connectivity index (χ0n) is 16.3. The van der Waals surface area contributed by atoms with E-state index in [1.807, 2.05) is 24.3 Å². The Kier molecular flexibility index (Phi) is 4.82. The zero-order chi connectivity index (χ0) is 20.5. The van der Waals surface area contributed by atoms with E-state index in [1.54, 1.807) is 23.0 Å². The van der Waals surface area contributed by atoms with Crippen LogP contribution in [-0.4, -0.2) is 43.5 Å². The normalized spacial score (nSPS) is 13.0.